The lowest BCUT2D eigenvalue weighted by Gasteiger charge is -2.29. The van der Waals surface area contributed by atoms with Gasteiger partial charge in [0, 0.05) is 19.0 Å². The van der Waals surface area contributed by atoms with E-state index >= 15 is 0 Å². The molecule has 4 heterocycles. The van der Waals surface area contributed by atoms with Crippen LogP contribution in [0.25, 0.3) is 33.2 Å². The Hall–Kier alpha value is -3.79. The van der Waals surface area contributed by atoms with Crippen molar-refractivity contribution in [2.45, 2.75) is 91.3 Å². The number of benzene rings is 3. The van der Waals surface area contributed by atoms with E-state index < -0.39 is 12.1 Å². The zero-order valence-electron chi connectivity index (χ0n) is 34.3. The van der Waals surface area contributed by atoms with Gasteiger partial charge in [-0.2, -0.15) is 54.0 Å². The number of hydrogen-bond donors (Lipinski definition) is 3. The van der Waals surface area contributed by atoms with Gasteiger partial charge in [0.1, 0.15) is 17.7 Å². The van der Waals surface area contributed by atoms with E-state index in [0.717, 1.165) is 89.9 Å². The molecule has 0 radical (unpaired) electrons. The molecule has 0 bridgehead atoms. The number of amides is 3. The number of methoxy groups -OCH3 is 1. The van der Waals surface area contributed by atoms with Gasteiger partial charge in [-0.05, 0) is 96.9 Å². The fourth-order valence-corrected chi connectivity index (χ4v) is 7.96. The fraction of sp³-hybridized carbons (Fsp3) is 0.465. The maximum absolute atomic E-state index is 13.6. The summed E-state index contributed by atoms with van der Waals surface area (Å²) in [7, 11) is 1.30. The molecule has 3 amide bonds. The van der Waals surface area contributed by atoms with Gasteiger partial charge in [0.25, 0.3) is 0 Å². The van der Waals surface area contributed by atoms with Crippen molar-refractivity contribution in [1.29, 1.82) is 0 Å². The van der Waals surface area contributed by atoms with E-state index in [4.69, 9.17) is 14.7 Å². The maximum Gasteiger partial charge on any atom is 0.407 e. The average Bonchev–Trinajstić information content (AvgIpc) is 4.00. The van der Waals surface area contributed by atoms with Gasteiger partial charge in [0.2, 0.25) is 11.8 Å². The molecule has 316 valence electrons. The third kappa shape index (κ3) is 10.3. The maximum atomic E-state index is 13.6. The first-order valence-electron chi connectivity index (χ1n) is 19.5. The van der Waals surface area contributed by atoms with E-state index in [0.29, 0.717) is 12.5 Å². The number of alkyl carbamates (subject to hydrolysis) is 1. The lowest BCUT2D eigenvalue weighted by molar-refractivity contribution is -0.137. The van der Waals surface area contributed by atoms with E-state index in [1.165, 1.54) is 18.2 Å². The largest absolute Gasteiger partial charge is 0.453 e. The van der Waals surface area contributed by atoms with Gasteiger partial charge in [0.05, 0.1) is 41.3 Å². The molecule has 2 saturated heterocycles. The first-order chi connectivity index (χ1) is 26.0. The van der Waals surface area contributed by atoms with Crippen LogP contribution in [0, 0.1) is 17.8 Å². The smallest absolute Gasteiger partial charge is 0.407 e. The van der Waals surface area contributed by atoms with Crippen LogP contribution < -0.4 is 5.32 Å². The highest BCUT2D eigenvalue weighted by Gasteiger charge is 2.38. The standard InChI is InChI=1S/C43H53N7O4.4H2S/c1-25(2)27(5)41(51)49-21-7-9-36(49)39-45-33-20-18-31(24-35(33)47-39)30-16-13-28(14-17-30)11-12-29-15-19-32-34(23-29)46-40(44-32)37-10-8-22-50(37)42(52)38(26(3)4)48-43(53)54-6;;;;/h13-20,23-27,36-38H,7-12,21-22H2,1-6H3,(H,44,46)(H,45,47)(H,48,53);4*1H2/t27-,36-,37-,38-;;;;/m0..../s1. The summed E-state index contributed by atoms with van der Waals surface area (Å²) in [6, 6.07) is 20.6. The molecule has 2 aliphatic rings. The lowest BCUT2D eigenvalue weighted by atomic mass is 9.96. The van der Waals surface area contributed by atoms with Crippen LogP contribution in [-0.4, -0.2) is 73.9 Å². The first-order valence-corrected chi connectivity index (χ1v) is 19.5. The molecule has 3 N–H and O–H groups in total. The number of aromatic nitrogens is 4. The highest BCUT2D eigenvalue weighted by molar-refractivity contribution is 7.59. The Bertz CT molecular complexity index is 2160. The van der Waals surface area contributed by atoms with Gasteiger partial charge in [0.15, 0.2) is 0 Å². The van der Waals surface area contributed by atoms with Crippen LogP contribution in [0.15, 0.2) is 60.7 Å². The van der Waals surface area contributed by atoms with Crippen LogP contribution in [0.2, 0.25) is 0 Å². The molecule has 5 aromatic rings. The Morgan fingerprint density at radius 2 is 1.19 bits per heavy atom. The second-order valence-electron chi connectivity index (χ2n) is 15.8. The van der Waals surface area contributed by atoms with E-state index in [9.17, 15) is 14.4 Å². The molecule has 2 fully saturated rings. The summed E-state index contributed by atoms with van der Waals surface area (Å²) in [5.74, 6) is 1.98. The summed E-state index contributed by atoms with van der Waals surface area (Å²) in [6.45, 7) is 11.5. The molecule has 0 saturated carbocycles. The van der Waals surface area contributed by atoms with Gasteiger partial charge in [-0.15, -0.1) is 0 Å². The molecule has 11 nitrogen and oxygen atoms in total. The summed E-state index contributed by atoms with van der Waals surface area (Å²) < 4.78 is 4.77. The molecule has 0 aliphatic carbocycles. The molecule has 4 atom stereocenters. The monoisotopic (exact) mass is 867 g/mol. The van der Waals surface area contributed by atoms with Crippen molar-refractivity contribution in [3.05, 3.63) is 83.4 Å². The van der Waals surface area contributed by atoms with Crippen LogP contribution >= 0.6 is 54.0 Å². The fourth-order valence-electron chi connectivity index (χ4n) is 7.96. The number of carbonyl (C=O) groups excluding carboxylic acids is 3. The van der Waals surface area contributed by atoms with Gasteiger partial charge >= 0.3 is 6.09 Å². The van der Waals surface area contributed by atoms with Crippen molar-refractivity contribution < 1.29 is 19.1 Å². The van der Waals surface area contributed by atoms with E-state index in [2.05, 4.69) is 89.8 Å². The van der Waals surface area contributed by atoms with Crippen molar-refractivity contribution in [2.75, 3.05) is 20.2 Å². The first kappa shape index (κ1) is 48.6. The normalized spacial score (nSPS) is 17.3. The number of fused-ring (bicyclic) bond motifs is 2. The molecule has 58 heavy (non-hydrogen) atoms. The third-order valence-corrected chi connectivity index (χ3v) is 11.5. The number of nitrogens with one attached hydrogen (secondary N) is 3. The van der Waals surface area contributed by atoms with Crippen LogP contribution in [0.3, 0.4) is 0 Å². The minimum atomic E-state index is -0.665. The zero-order valence-corrected chi connectivity index (χ0v) is 38.3. The number of H-pyrrole nitrogens is 2. The van der Waals surface area contributed by atoms with Gasteiger partial charge < -0.3 is 29.8 Å². The van der Waals surface area contributed by atoms with Crippen LogP contribution in [0.4, 0.5) is 4.79 Å². The Kier molecular flexibility index (Phi) is 17.5. The minimum Gasteiger partial charge on any atom is -0.453 e. The Morgan fingerprint density at radius 3 is 1.74 bits per heavy atom. The SMILES string of the molecule is COC(=O)N[C@H](C(=O)N1CCC[C@H]1c1nc2ccc(CCc3ccc(-c4ccc5nc([C@@H]6CCCN6C(=O)[C@@H](C)C(C)C)[nH]c5c4)cc3)cc2[nH]1)C(C)C.S.S.S.S. The number of aromatic amines is 2. The van der Waals surface area contributed by atoms with Crippen molar-refractivity contribution in [2.24, 2.45) is 17.8 Å². The molecular formula is C43H61N7O4S4. The second kappa shape index (κ2) is 20.9. The quantitative estimate of drug-likeness (QED) is 0.122. The summed E-state index contributed by atoms with van der Waals surface area (Å²) in [4.78, 5) is 59.5. The predicted molar refractivity (Wildman–Crippen MR) is 252 cm³/mol. The van der Waals surface area contributed by atoms with E-state index in [-0.39, 0.29) is 89.7 Å². The molecule has 2 aliphatic heterocycles. The second-order valence-corrected chi connectivity index (χ2v) is 15.8. The summed E-state index contributed by atoms with van der Waals surface area (Å²) in [6.07, 6.45) is 4.79. The number of likely N-dealkylation sites (tertiary alicyclic amines) is 2. The van der Waals surface area contributed by atoms with Crippen molar-refractivity contribution in [3.8, 4) is 11.1 Å². The highest BCUT2D eigenvalue weighted by atomic mass is 32.1. The Balaban J connectivity index is 0.00000225. The number of hydrogen-bond acceptors (Lipinski definition) is 6. The van der Waals surface area contributed by atoms with E-state index in [1.807, 2.05) is 30.6 Å². The number of imidazole rings is 2. The average molecular weight is 868 g/mol. The number of ether oxygens (including phenoxy) is 1. The van der Waals surface area contributed by atoms with Gasteiger partial charge in [-0.25, -0.2) is 14.8 Å². The molecule has 7 rings (SSSR count). The van der Waals surface area contributed by atoms with Crippen LogP contribution in [0.1, 0.15) is 95.2 Å². The molecule has 2 aromatic heterocycles. The van der Waals surface area contributed by atoms with Gasteiger partial charge in [-0.1, -0.05) is 71.0 Å². The Labute approximate surface area is 370 Å². The van der Waals surface area contributed by atoms with Crippen molar-refractivity contribution in [1.82, 2.24) is 35.1 Å². The number of aryl methyl sites for hydroxylation is 2. The van der Waals surface area contributed by atoms with Crippen LogP contribution in [0.5, 0.6) is 0 Å². The molecule has 3 aromatic carbocycles. The topological polar surface area (TPSA) is 136 Å². The zero-order chi connectivity index (χ0) is 38.1. The molecule has 0 spiro atoms. The number of carbonyl (C=O) groups is 3. The van der Waals surface area contributed by atoms with Crippen molar-refractivity contribution >= 4 is 94.0 Å². The predicted octanol–water partition coefficient (Wildman–Crippen LogP) is 8.34. The van der Waals surface area contributed by atoms with E-state index in [1.54, 1.807) is 0 Å². The molecule has 15 heteroatoms. The number of nitrogens with zero attached hydrogens (tertiary/aromatic N) is 4. The van der Waals surface area contributed by atoms with Crippen LogP contribution in [-0.2, 0) is 27.2 Å². The van der Waals surface area contributed by atoms with Crippen molar-refractivity contribution in [3.63, 3.8) is 0 Å². The highest BCUT2D eigenvalue weighted by Crippen LogP contribution is 2.35. The summed E-state index contributed by atoms with van der Waals surface area (Å²) in [5, 5.41) is 2.72. The molecular weight excluding hydrogens is 807 g/mol. The molecule has 0 unspecified atom stereocenters. The summed E-state index contributed by atoms with van der Waals surface area (Å²) in [5.41, 5.74) is 8.49. The Morgan fingerprint density at radius 1 is 0.690 bits per heavy atom. The summed E-state index contributed by atoms with van der Waals surface area (Å²) >= 11 is 0. The minimum absolute atomic E-state index is 0. The lowest BCUT2D eigenvalue weighted by Crippen LogP contribution is -2.51. The number of rotatable bonds is 11. The van der Waals surface area contributed by atoms with Gasteiger partial charge in [-0.3, -0.25) is 9.59 Å². The third-order valence-electron chi connectivity index (χ3n) is 11.5.